The Hall–Kier alpha value is -0.920. The van der Waals surface area contributed by atoms with E-state index in [0.717, 1.165) is 7.11 Å². The second kappa shape index (κ2) is 3.44. The average Bonchev–Trinajstić information content (AvgIpc) is 1.99. The van der Waals surface area contributed by atoms with Crippen LogP contribution in [-0.4, -0.2) is 37.2 Å². The van der Waals surface area contributed by atoms with Crippen molar-refractivity contribution in [3.8, 4) is 0 Å². The number of alkyl halides is 5. The third kappa shape index (κ3) is 2.27. The Morgan fingerprint density at radius 3 is 1.85 bits per heavy atom. The molecule has 0 unspecified atom stereocenters. The highest BCUT2D eigenvalue weighted by molar-refractivity contribution is 5.83. The van der Waals surface area contributed by atoms with Gasteiger partial charge < -0.3 is 0 Å². The summed E-state index contributed by atoms with van der Waals surface area (Å²) in [7, 11) is 1.45. The van der Waals surface area contributed by atoms with Gasteiger partial charge in [0.15, 0.2) is 0 Å². The summed E-state index contributed by atoms with van der Waals surface area (Å²) in [6.07, 6.45) is -5.91. The standard InChI is InChI=1S/C5H6F5NO2/c1-11(13-2)3(12)4(6,7)5(8,9)10/h1-2H3. The van der Waals surface area contributed by atoms with Crippen LogP contribution in [0.15, 0.2) is 0 Å². The minimum atomic E-state index is -5.91. The van der Waals surface area contributed by atoms with Crippen LogP contribution in [0.1, 0.15) is 0 Å². The molecule has 0 saturated heterocycles. The van der Waals surface area contributed by atoms with Gasteiger partial charge in [-0.2, -0.15) is 22.0 Å². The fraction of sp³-hybridized carbons (Fsp3) is 0.800. The molecule has 13 heavy (non-hydrogen) atoms. The maximum atomic E-state index is 12.2. The monoisotopic (exact) mass is 207 g/mol. The van der Waals surface area contributed by atoms with E-state index >= 15 is 0 Å². The van der Waals surface area contributed by atoms with Gasteiger partial charge in [-0.1, -0.05) is 0 Å². The fourth-order valence-electron chi connectivity index (χ4n) is 0.402. The molecule has 0 aromatic carbocycles. The Balaban J connectivity index is 4.75. The molecule has 0 bridgehead atoms. The number of carbonyl (C=O) groups excluding carboxylic acids is 1. The van der Waals surface area contributed by atoms with Gasteiger partial charge in [-0.15, -0.1) is 0 Å². The van der Waals surface area contributed by atoms with Crippen LogP contribution < -0.4 is 0 Å². The van der Waals surface area contributed by atoms with Gasteiger partial charge in [-0.05, 0) is 0 Å². The number of amides is 1. The highest BCUT2D eigenvalue weighted by Gasteiger charge is 2.64. The van der Waals surface area contributed by atoms with Gasteiger partial charge in [0.25, 0.3) is 0 Å². The van der Waals surface area contributed by atoms with Crippen molar-refractivity contribution in [2.24, 2.45) is 0 Å². The molecule has 0 rings (SSSR count). The Bertz CT molecular complexity index is 202. The van der Waals surface area contributed by atoms with Crippen LogP contribution in [0.2, 0.25) is 0 Å². The van der Waals surface area contributed by atoms with Crippen molar-refractivity contribution in [1.29, 1.82) is 0 Å². The van der Waals surface area contributed by atoms with Crippen LogP contribution in [0.25, 0.3) is 0 Å². The average molecular weight is 207 g/mol. The van der Waals surface area contributed by atoms with Crippen molar-refractivity contribution >= 4 is 5.91 Å². The van der Waals surface area contributed by atoms with Gasteiger partial charge in [0.1, 0.15) is 0 Å². The van der Waals surface area contributed by atoms with Crippen molar-refractivity contribution < 1.29 is 31.6 Å². The Morgan fingerprint density at radius 2 is 1.62 bits per heavy atom. The lowest BCUT2D eigenvalue weighted by atomic mass is 10.3. The predicted molar refractivity (Wildman–Crippen MR) is 30.8 cm³/mol. The van der Waals surface area contributed by atoms with E-state index in [1.165, 1.54) is 0 Å². The first-order chi connectivity index (χ1) is 5.64. The summed E-state index contributed by atoms with van der Waals surface area (Å²) in [6, 6.07) is 0. The Morgan fingerprint density at radius 1 is 1.23 bits per heavy atom. The van der Waals surface area contributed by atoms with Gasteiger partial charge in [-0.3, -0.25) is 9.63 Å². The van der Waals surface area contributed by atoms with Crippen LogP contribution in [0.3, 0.4) is 0 Å². The highest BCUT2D eigenvalue weighted by Crippen LogP contribution is 2.36. The Kier molecular flexibility index (Phi) is 3.20. The molecule has 0 aromatic rings. The van der Waals surface area contributed by atoms with Crippen molar-refractivity contribution in [3.05, 3.63) is 0 Å². The van der Waals surface area contributed by atoms with Crippen molar-refractivity contribution in [2.75, 3.05) is 14.2 Å². The van der Waals surface area contributed by atoms with Gasteiger partial charge in [0.05, 0.1) is 7.11 Å². The molecule has 0 aromatic heterocycles. The van der Waals surface area contributed by atoms with E-state index < -0.39 is 18.0 Å². The van der Waals surface area contributed by atoms with Crippen LogP contribution in [0, 0.1) is 0 Å². The molecular formula is C5H6F5NO2. The van der Waals surface area contributed by atoms with E-state index in [4.69, 9.17) is 0 Å². The van der Waals surface area contributed by atoms with E-state index in [1.54, 1.807) is 0 Å². The second-order valence-corrected chi connectivity index (χ2v) is 2.06. The van der Waals surface area contributed by atoms with E-state index in [0.29, 0.717) is 7.05 Å². The molecule has 1 amide bonds. The topological polar surface area (TPSA) is 29.5 Å². The number of halogens is 5. The molecule has 0 spiro atoms. The van der Waals surface area contributed by atoms with E-state index in [2.05, 4.69) is 4.84 Å². The smallest absolute Gasteiger partial charge is 0.274 e. The molecule has 8 heteroatoms. The summed E-state index contributed by atoms with van der Waals surface area (Å²) in [4.78, 5) is 14.3. The zero-order valence-electron chi connectivity index (χ0n) is 6.65. The summed E-state index contributed by atoms with van der Waals surface area (Å²) < 4.78 is 58.9. The van der Waals surface area contributed by atoms with E-state index in [9.17, 15) is 26.7 Å². The molecule has 0 atom stereocenters. The van der Waals surface area contributed by atoms with Gasteiger partial charge >= 0.3 is 18.0 Å². The molecule has 3 nitrogen and oxygen atoms in total. The van der Waals surface area contributed by atoms with Crippen LogP contribution in [0.4, 0.5) is 22.0 Å². The van der Waals surface area contributed by atoms with Gasteiger partial charge in [-0.25, -0.2) is 5.06 Å². The zero-order valence-corrected chi connectivity index (χ0v) is 6.65. The first-order valence-corrected chi connectivity index (χ1v) is 2.91. The quantitative estimate of drug-likeness (QED) is 0.503. The molecule has 0 heterocycles. The van der Waals surface area contributed by atoms with Crippen LogP contribution >= 0.6 is 0 Å². The van der Waals surface area contributed by atoms with Crippen LogP contribution in [0.5, 0.6) is 0 Å². The van der Waals surface area contributed by atoms with E-state index in [1.807, 2.05) is 0 Å². The number of rotatable bonds is 2. The molecule has 0 N–H and O–H groups in total. The molecule has 0 aliphatic rings. The lowest BCUT2D eigenvalue weighted by Gasteiger charge is -2.22. The molecule has 0 radical (unpaired) electrons. The van der Waals surface area contributed by atoms with Crippen LogP contribution in [-0.2, 0) is 9.63 Å². The molecule has 78 valence electrons. The van der Waals surface area contributed by atoms with Crippen molar-refractivity contribution in [3.63, 3.8) is 0 Å². The lowest BCUT2D eigenvalue weighted by molar-refractivity contribution is -0.285. The highest BCUT2D eigenvalue weighted by atomic mass is 19.4. The zero-order chi connectivity index (χ0) is 10.9. The number of hydrogen-bond acceptors (Lipinski definition) is 2. The van der Waals surface area contributed by atoms with Gasteiger partial charge in [0.2, 0.25) is 0 Å². The third-order valence-corrected chi connectivity index (χ3v) is 1.18. The SMILES string of the molecule is CON(C)C(=O)C(F)(F)C(F)(F)F. The van der Waals surface area contributed by atoms with Crippen molar-refractivity contribution in [1.82, 2.24) is 5.06 Å². The first-order valence-electron chi connectivity index (χ1n) is 2.91. The maximum Gasteiger partial charge on any atom is 0.463 e. The summed E-state index contributed by atoms with van der Waals surface area (Å²) in [5, 5.41) is -0.187. The maximum absolute atomic E-state index is 12.2. The number of hydrogen-bond donors (Lipinski definition) is 0. The summed E-state index contributed by atoms with van der Waals surface area (Å²) >= 11 is 0. The molecular weight excluding hydrogens is 201 g/mol. The largest absolute Gasteiger partial charge is 0.463 e. The third-order valence-electron chi connectivity index (χ3n) is 1.18. The molecule has 0 saturated carbocycles. The minimum Gasteiger partial charge on any atom is -0.274 e. The summed E-state index contributed by atoms with van der Waals surface area (Å²) in [5.41, 5.74) is 0. The number of hydroxylamine groups is 2. The Labute approximate surface area is 70.0 Å². The molecule has 0 fully saturated rings. The second-order valence-electron chi connectivity index (χ2n) is 2.06. The van der Waals surface area contributed by atoms with Gasteiger partial charge in [0, 0.05) is 7.05 Å². The molecule has 0 aliphatic carbocycles. The minimum absolute atomic E-state index is 0.187. The number of nitrogens with zero attached hydrogens (tertiary/aromatic N) is 1. The van der Waals surface area contributed by atoms with Crippen molar-refractivity contribution in [2.45, 2.75) is 12.1 Å². The molecule has 0 aliphatic heterocycles. The van der Waals surface area contributed by atoms with E-state index in [-0.39, 0.29) is 5.06 Å². The lowest BCUT2D eigenvalue weighted by Crippen LogP contribution is -2.50. The number of carbonyl (C=O) groups is 1. The summed E-state index contributed by atoms with van der Waals surface area (Å²) in [6.45, 7) is 0. The first kappa shape index (κ1) is 12.1. The fourth-order valence-corrected chi connectivity index (χ4v) is 0.402. The summed E-state index contributed by atoms with van der Waals surface area (Å²) in [5.74, 6) is -7.87. The predicted octanol–water partition coefficient (Wildman–Crippen LogP) is 1.20. The normalized spacial score (nSPS) is 12.8.